The van der Waals surface area contributed by atoms with Crippen molar-refractivity contribution in [1.29, 1.82) is 5.26 Å². The van der Waals surface area contributed by atoms with Crippen molar-refractivity contribution < 1.29 is 37.2 Å². The Labute approximate surface area is 363 Å². The number of methoxy groups -OCH3 is 2. The van der Waals surface area contributed by atoms with Crippen LogP contribution in [0.25, 0.3) is 0 Å². The van der Waals surface area contributed by atoms with Gasteiger partial charge in [0.2, 0.25) is 0 Å². The number of halogens is 1. The molecular weight excluding hydrogens is 813 g/mol. The van der Waals surface area contributed by atoms with E-state index in [1.807, 2.05) is 111 Å². The lowest BCUT2D eigenvalue weighted by atomic mass is 9.80. The molecule has 1 aliphatic heterocycles. The molecule has 0 spiro atoms. The lowest BCUT2D eigenvalue weighted by molar-refractivity contribution is -0.0934. The van der Waals surface area contributed by atoms with Crippen LogP contribution in [-0.4, -0.2) is 78.0 Å². The molecule has 0 saturated carbocycles. The van der Waals surface area contributed by atoms with E-state index >= 15 is 4.39 Å². The largest absolute Gasteiger partial charge is 0.497 e. The molecule has 326 valence electrons. The summed E-state index contributed by atoms with van der Waals surface area (Å²) in [5.74, 6) is 0.869. The number of benzene rings is 4. The molecule has 5 aromatic rings. The van der Waals surface area contributed by atoms with Gasteiger partial charge in [-0.05, 0) is 87.7 Å². The minimum absolute atomic E-state index is 0.0340. The SMILES string of the molecule is COc1ccc(C(OC[C@H]2O[C@@H](n3cc(C)c(NC(=O)c4ccccc4)nc3=O)C(F)[C@@H]2OP(OCCC#N)N(C(C)C)C(C)C)(c2ccccc2)c2ccc(OC)cc2)cc1. The normalized spacial score (nSPS) is 18.2. The minimum atomic E-state index is -1.97. The molecule has 1 saturated heterocycles. The van der Waals surface area contributed by atoms with Crippen molar-refractivity contribution >= 4 is 20.3 Å². The summed E-state index contributed by atoms with van der Waals surface area (Å²) < 4.78 is 58.3. The number of nitrogens with one attached hydrogen (secondary N) is 1. The van der Waals surface area contributed by atoms with Gasteiger partial charge in [0, 0.05) is 29.4 Å². The first-order valence-corrected chi connectivity index (χ1v) is 21.5. The Morgan fingerprint density at radius 3 is 1.98 bits per heavy atom. The molecule has 5 atom stereocenters. The summed E-state index contributed by atoms with van der Waals surface area (Å²) in [5.41, 5.74) is 0.908. The lowest BCUT2D eigenvalue weighted by Crippen LogP contribution is -2.41. The summed E-state index contributed by atoms with van der Waals surface area (Å²) in [6.45, 7) is 9.42. The summed E-state index contributed by atoms with van der Waals surface area (Å²) in [6.07, 6.45) is -4.40. The highest BCUT2D eigenvalue weighted by Crippen LogP contribution is 2.51. The molecule has 4 aromatic carbocycles. The molecule has 0 aliphatic carbocycles. The number of carbonyl (C=O) groups excluding carboxylic acids is 1. The fraction of sp³-hybridized carbons (Fsp3) is 0.362. The third-order valence-electron chi connectivity index (χ3n) is 10.5. The number of hydrogen-bond acceptors (Lipinski definition) is 11. The maximum absolute atomic E-state index is 17.5. The molecule has 1 N–H and O–H groups in total. The van der Waals surface area contributed by atoms with Gasteiger partial charge in [-0.2, -0.15) is 10.2 Å². The highest BCUT2D eigenvalue weighted by molar-refractivity contribution is 7.44. The Hall–Kier alpha value is -5.52. The molecule has 13 nitrogen and oxygen atoms in total. The van der Waals surface area contributed by atoms with E-state index in [0.29, 0.717) is 22.6 Å². The van der Waals surface area contributed by atoms with Gasteiger partial charge >= 0.3 is 5.69 Å². The Morgan fingerprint density at radius 1 is 0.903 bits per heavy atom. The summed E-state index contributed by atoms with van der Waals surface area (Å²) in [6, 6.07) is 35.1. The van der Waals surface area contributed by atoms with Gasteiger partial charge in [0.1, 0.15) is 35.1 Å². The summed E-state index contributed by atoms with van der Waals surface area (Å²) in [5, 5.41) is 12.1. The maximum atomic E-state index is 17.5. The predicted octanol–water partition coefficient (Wildman–Crippen LogP) is 8.73. The maximum Gasteiger partial charge on any atom is 0.351 e. The first kappa shape index (κ1) is 46.0. The van der Waals surface area contributed by atoms with Crippen LogP contribution in [0.15, 0.2) is 120 Å². The highest BCUT2D eigenvalue weighted by atomic mass is 31.2. The number of nitriles is 1. The second-order valence-electron chi connectivity index (χ2n) is 15.2. The third-order valence-corrected chi connectivity index (χ3v) is 12.6. The first-order valence-electron chi connectivity index (χ1n) is 20.4. The highest BCUT2D eigenvalue weighted by Gasteiger charge is 2.51. The molecule has 1 aromatic heterocycles. The van der Waals surface area contributed by atoms with Crippen molar-refractivity contribution in [3.63, 3.8) is 0 Å². The third kappa shape index (κ3) is 10.2. The van der Waals surface area contributed by atoms with Crippen LogP contribution < -0.4 is 20.5 Å². The monoisotopic (exact) mass is 865 g/mol. The number of nitrogens with zero attached hydrogens (tertiary/aromatic N) is 4. The number of anilines is 1. The fourth-order valence-corrected chi connectivity index (χ4v) is 9.27. The molecule has 1 fully saturated rings. The molecule has 2 unspecified atom stereocenters. The topological polar surface area (TPSA) is 146 Å². The first-order chi connectivity index (χ1) is 29.9. The zero-order valence-corrected chi connectivity index (χ0v) is 36.8. The molecule has 1 amide bonds. The number of alkyl halides is 1. The van der Waals surface area contributed by atoms with Crippen molar-refractivity contribution in [1.82, 2.24) is 14.2 Å². The second-order valence-corrected chi connectivity index (χ2v) is 16.6. The van der Waals surface area contributed by atoms with Gasteiger partial charge in [-0.15, -0.1) is 0 Å². The van der Waals surface area contributed by atoms with Crippen LogP contribution in [0.3, 0.4) is 0 Å². The smallest absolute Gasteiger partial charge is 0.351 e. The second kappa shape index (κ2) is 21.0. The standard InChI is InChI=1S/C47H53FN5O8P/c1-31(2)53(32(3)4)62(59-28-14-27-49)61-42-40(60-45(41(42)48)52-29-33(5)43(51-46(52)55)50-44(54)34-15-10-8-11-16-34)30-58-47(35-17-12-9-13-18-35,36-19-23-38(56-6)24-20-36)37-21-25-39(57-7)26-22-37/h8-13,15-26,29,31-32,40-42,45H,14,28,30H2,1-7H3,(H,50,51,54,55)/t40-,41?,42-,45-,62?/m1/s1. The van der Waals surface area contributed by atoms with Gasteiger partial charge in [-0.1, -0.05) is 72.8 Å². The number of ether oxygens (including phenoxy) is 4. The van der Waals surface area contributed by atoms with Crippen molar-refractivity contribution in [3.05, 3.63) is 154 Å². The number of aromatic nitrogens is 2. The number of hydrogen-bond donors (Lipinski definition) is 1. The van der Waals surface area contributed by atoms with E-state index in [1.165, 1.54) is 6.20 Å². The number of amides is 1. The van der Waals surface area contributed by atoms with E-state index in [0.717, 1.165) is 21.3 Å². The number of aryl methyl sites for hydroxylation is 1. The Kier molecular flexibility index (Phi) is 15.6. The van der Waals surface area contributed by atoms with E-state index in [4.69, 9.17) is 28.0 Å². The van der Waals surface area contributed by atoms with Gasteiger partial charge in [0.25, 0.3) is 14.4 Å². The molecule has 2 heterocycles. The summed E-state index contributed by atoms with van der Waals surface area (Å²) in [7, 11) is 1.22. The van der Waals surface area contributed by atoms with E-state index in [-0.39, 0.29) is 37.5 Å². The lowest BCUT2D eigenvalue weighted by Gasteiger charge is -2.39. The molecule has 0 radical (unpaired) electrons. The van der Waals surface area contributed by atoms with Crippen LogP contribution in [0.2, 0.25) is 0 Å². The van der Waals surface area contributed by atoms with Crippen LogP contribution >= 0.6 is 8.53 Å². The fourth-order valence-electron chi connectivity index (χ4n) is 7.50. The number of carbonyl (C=O) groups is 1. The zero-order chi connectivity index (χ0) is 44.4. The van der Waals surface area contributed by atoms with Gasteiger partial charge in [-0.3, -0.25) is 9.36 Å². The van der Waals surface area contributed by atoms with E-state index in [2.05, 4.69) is 16.4 Å². The van der Waals surface area contributed by atoms with Crippen LogP contribution in [0.5, 0.6) is 11.5 Å². The van der Waals surface area contributed by atoms with Gasteiger partial charge in [-0.25, -0.2) is 13.9 Å². The zero-order valence-electron chi connectivity index (χ0n) is 35.9. The molecule has 15 heteroatoms. The predicted molar refractivity (Wildman–Crippen MR) is 235 cm³/mol. The molecule has 6 rings (SSSR count). The van der Waals surface area contributed by atoms with Gasteiger partial charge < -0.3 is 33.3 Å². The minimum Gasteiger partial charge on any atom is -0.497 e. The Bertz CT molecular complexity index is 2270. The van der Waals surface area contributed by atoms with Crippen LogP contribution in [0.4, 0.5) is 10.2 Å². The average Bonchev–Trinajstić information content (AvgIpc) is 3.59. The molecule has 0 bridgehead atoms. The van der Waals surface area contributed by atoms with E-state index in [1.54, 1.807) is 51.5 Å². The average molecular weight is 866 g/mol. The Morgan fingerprint density at radius 2 is 1.45 bits per heavy atom. The van der Waals surface area contributed by atoms with E-state index < -0.39 is 50.3 Å². The number of rotatable bonds is 19. The quantitative estimate of drug-likeness (QED) is 0.0483. The molecular formula is C47H53FN5O8P. The van der Waals surface area contributed by atoms with Crippen molar-refractivity contribution in [2.75, 3.05) is 32.8 Å². The van der Waals surface area contributed by atoms with Crippen LogP contribution in [0.1, 0.15) is 73.0 Å². The van der Waals surface area contributed by atoms with E-state index in [9.17, 15) is 14.9 Å². The Balaban J connectivity index is 1.43. The van der Waals surface area contributed by atoms with Crippen molar-refractivity contribution in [2.24, 2.45) is 0 Å². The summed E-state index contributed by atoms with van der Waals surface area (Å²) >= 11 is 0. The van der Waals surface area contributed by atoms with Crippen molar-refractivity contribution in [3.8, 4) is 17.6 Å². The van der Waals surface area contributed by atoms with Gasteiger partial charge in [0.15, 0.2) is 12.4 Å². The summed E-state index contributed by atoms with van der Waals surface area (Å²) in [4.78, 5) is 31.0. The molecule has 62 heavy (non-hydrogen) atoms. The van der Waals surface area contributed by atoms with Crippen LogP contribution in [0, 0.1) is 18.3 Å². The van der Waals surface area contributed by atoms with Crippen LogP contribution in [-0.2, 0) is 24.1 Å². The van der Waals surface area contributed by atoms with Gasteiger partial charge in [0.05, 0.1) is 39.9 Å². The van der Waals surface area contributed by atoms with Crippen molar-refractivity contribution in [2.45, 2.75) is 83.3 Å². The molecule has 1 aliphatic rings.